The third-order valence-corrected chi connectivity index (χ3v) is 4.34. The summed E-state index contributed by atoms with van der Waals surface area (Å²) in [6.07, 6.45) is 1.52. The molecule has 1 heterocycles. The number of hydrogen-bond donors (Lipinski definition) is 2. The van der Waals surface area contributed by atoms with Gasteiger partial charge in [-0.3, -0.25) is 0 Å². The van der Waals surface area contributed by atoms with Crippen molar-refractivity contribution in [2.45, 2.75) is 18.4 Å². The van der Waals surface area contributed by atoms with Gasteiger partial charge < -0.3 is 10.5 Å². The largest absolute Gasteiger partial charge is 0.495 e. The van der Waals surface area contributed by atoms with Crippen molar-refractivity contribution in [2.24, 2.45) is 0 Å². The molecule has 0 aliphatic carbocycles. The Morgan fingerprint density at radius 1 is 1.38 bits per heavy atom. The van der Waals surface area contributed by atoms with Crippen LogP contribution in [-0.2, 0) is 16.6 Å². The fourth-order valence-corrected chi connectivity index (χ4v) is 2.90. The van der Waals surface area contributed by atoms with Crippen LogP contribution in [0.15, 0.2) is 35.4 Å². The quantitative estimate of drug-likeness (QED) is 0.793. The molecule has 2 aromatic rings. The second-order valence-corrected chi connectivity index (χ2v) is 6.13. The summed E-state index contributed by atoms with van der Waals surface area (Å²) in [4.78, 5) is -0.00279. The second kappa shape index (κ2) is 6.06. The van der Waals surface area contributed by atoms with E-state index in [9.17, 15) is 8.42 Å². The van der Waals surface area contributed by atoms with Crippen molar-refractivity contribution in [1.29, 1.82) is 0 Å². The van der Waals surface area contributed by atoms with Gasteiger partial charge >= 0.3 is 0 Å². The zero-order valence-corrected chi connectivity index (χ0v) is 12.5. The van der Waals surface area contributed by atoms with Crippen LogP contribution in [0.2, 0.25) is 0 Å². The Morgan fingerprint density at radius 2 is 2.14 bits per heavy atom. The molecule has 0 spiro atoms. The van der Waals surface area contributed by atoms with Gasteiger partial charge in [0.05, 0.1) is 19.3 Å². The number of aromatic nitrogens is 2. The molecule has 3 N–H and O–H groups in total. The van der Waals surface area contributed by atoms with Crippen molar-refractivity contribution in [1.82, 2.24) is 14.9 Å². The molecule has 0 saturated carbocycles. The lowest BCUT2D eigenvalue weighted by molar-refractivity contribution is 0.402. The Kier molecular flexibility index (Phi) is 4.39. The summed E-state index contributed by atoms with van der Waals surface area (Å²) in [6.45, 7) is 1.81. The highest BCUT2D eigenvalue weighted by molar-refractivity contribution is 7.89. The number of nitrogen functional groups attached to an aromatic ring is 1. The first-order chi connectivity index (χ1) is 9.94. The topological polar surface area (TPSA) is 107 Å². The van der Waals surface area contributed by atoms with Crippen LogP contribution in [0, 0.1) is 6.92 Å². The minimum absolute atomic E-state index is 0.00279. The summed E-state index contributed by atoms with van der Waals surface area (Å²) < 4.78 is 32.3. The van der Waals surface area contributed by atoms with Crippen LogP contribution in [-0.4, -0.2) is 25.7 Å². The van der Waals surface area contributed by atoms with E-state index < -0.39 is 10.0 Å². The Morgan fingerprint density at radius 3 is 2.76 bits per heavy atom. The van der Waals surface area contributed by atoms with Crippen molar-refractivity contribution in [3.63, 3.8) is 0 Å². The highest BCUT2D eigenvalue weighted by atomic mass is 32.2. The first-order valence-corrected chi connectivity index (χ1v) is 7.62. The zero-order chi connectivity index (χ0) is 15.5. The maximum atomic E-state index is 12.4. The van der Waals surface area contributed by atoms with E-state index in [1.807, 2.05) is 0 Å². The Labute approximate surface area is 123 Å². The molecule has 0 atom stereocenters. The number of sulfonamides is 1. The van der Waals surface area contributed by atoms with Gasteiger partial charge in [-0.05, 0) is 36.8 Å². The second-order valence-electron chi connectivity index (χ2n) is 4.40. The average molecular weight is 308 g/mol. The molecule has 0 bridgehead atoms. The average Bonchev–Trinajstić information content (AvgIpc) is 2.48. The smallest absolute Gasteiger partial charge is 0.244 e. The molecule has 2 rings (SSSR count). The van der Waals surface area contributed by atoms with E-state index in [0.717, 1.165) is 5.56 Å². The predicted octanol–water partition coefficient (Wildman–Crippen LogP) is 0.854. The number of aryl methyl sites for hydroxylation is 1. The van der Waals surface area contributed by atoms with Crippen molar-refractivity contribution >= 4 is 15.7 Å². The van der Waals surface area contributed by atoms with Crippen molar-refractivity contribution in [3.05, 3.63) is 41.7 Å². The van der Waals surface area contributed by atoms with Crippen LogP contribution in [0.4, 0.5) is 5.69 Å². The lowest BCUT2D eigenvalue weighted by Crippen LogP contribution is -2.24. The van der Waals surface area contributed by atoms with Gasteiger partial charge in [-0.1, -0.05) is 0 Å². The Balaban J connectivity index is 2.29. The van der Waals surface area contributed by atoms with Gasteiger partial charge in [0, 0.05) is 11.9 Å². The summed E-state index contributed by atoms with van der Waals surface area (Å²) >= 11 is 0. The molecule has 0 aliphatic heterocycles. The summed E-state index contributed by atoms with van der Waals surface area (Å²) in [5, 5.41) is 7.50. The van der Waals surface area contributed by atoms with E-state index in [1.54, 1.807) is 25.1 Å². The van der Waals surface area contributed by atoms with Crippen molar-refractivity contribution < 1.29 is 13.2 Å². The number of nitrogens with one attached hydrogen (secondary N) is 1. The maximum Gasteiger partial charge on any atom is 0.244 e. The number of nitrogens with two attached hydrogens (primary N) is 1. The fraction of sp³-hybridized carbons (Fsp3) is 0.231. The van der Waals surface area contributed by atoms with E-state index in [4.69, 9.17) is 10.5 Å². The van der Waals surface area contributed by atoms with Gasteiger partial charge in [0.1, 0.15) is 10.6 Å². The van der Waals surface area contributed by atoms with Gasteiger partial charge in [-0.15, -0.1) is 0 Å². The molecular formula is C13H16N4O3S. The number of anilines is 1. The molecule has 0 amide bonds. The molecule has 0 saturated heterocycles. The highest BCUT2D eigenvalue weighted by Crippen LogP contribution is 2.28. The number of methoxy groups -OCH3 is 1. The molecule has 8 heteroatoms. The van der Waals surface area contributed by atoms with Crippen LogP contribution in [0.5, 0.6) is 5.75 Å². The molecule has 0 aliphatic rings. The Bertz CT molecular complexity index is 733. The zero-order valence-electron chi connectivity index (χ0n) is 11.7. The van der Waals surface area contributed by atoms with Crippen molar-refractivity contribution in [2.75, 3.05) is 12.8 Å². The number of hydrogen-bond acceptors (Lipinski definition) is 6. The number of rotatable bonds is 5. The third-order valence-electron chi connectivity index (χ3n) is 2.91. The van der Waals surface area contributed by atoms with Crippen molar-refractivity contribution in [3.8, 4) is 5.75 Å². The summed E-state index contributed by atoms with van der Waals surface area (Å²) in [5.74, 6) is 0.244. The summed E-state index contributed by atoms with van der Waals surface area (Å²) in [6, 6.07) is 6.33. The van der Waals surface area contributed by atoms with Crippen LogP contribution < -0.4 is 15.2 Å². The van der Waals surface area contributed by atoms with Gasteiger partial charge in [-0.2, -0.15) is 10.2 Å². The molecule has 0 unspecified atom stereocenters. The number of ether oxygens (including phenoxy) is 1. The first-order valence-electron chi connectivity index (χ1n) is 6.14. The molecule has 0 radical (unpaired) electrons. The predicted molar refractivity (Wildman–Crippen MR) is 78.2 cm³/mol. The number of benzene rings is 1. The monoisotopic (exact) mass is 308 g/mol. The van der Waals surface area contributed by atoms with Crippen LogP contribution >= 0.6 is 0 Å². The standard InChI is InChI=1S/C13H16N4O3S/c1-9-6-12(20-2)13(7-11(9)14)21(18,19)16-8-10-4-3-5-15-17-10/h3-7,16H,8,14H2,1-2H3. The molecule has 21 heavy (non-hydrogen) atoms. The van der Waals surface area contributed by atoms with E-state index in [-0.39, 0.29) is 17.2 Å². The normalized spacial score (nSPS) is 11.3. The Hall–Kier alpha value is -2.19. The first kappa shape index (κ1) is 15.2. The fourth-order valence-electron chi connectivity index (χ4n) is 1.72. The molecule has 0 fully saturated rings. The van der Waals surface area contributed by atoms with Gasteiger partial charge in [0.2, 0.25) is 10.0 Å². The lowest BCUT2D eigenvalue weighted by Gasteiger charge is -2.12. The summed E-state index contributed by atoms with van der Waals surface area (Å²) in [5.41, 5.74) is 7.43. The van der Waals surface area contributed by atoms with E-state index >= 15 is 0 Å². The van der Waals surface area contributed by atoms with Gasteiger partial charge in [0.25, 0.3) is 0 Å². The lowest BCUT2D eigenvalue weighted by atomic mass is 10.2. The maximum absolute atomic E-state index is 12.4. The van der Waals surface area contributed by atoms with Crippen LogP contribution in [0.1, 0.15) is 11.3 Å². The summed E-state index contributed by atoms with van der Waals surface area (Å²) in [7, 11) is -2.35. The molecule has 1 aromatic carbocycles. The minimum Gasteiger partial charge on any atom is -0.495 e. The van der Waals surface area contributed by atoms with Crippen LogP contribution in [0.25, 0.3) is 0 Å². The molecule has 7 nitrogen and oxygen atoms in total. The van der Waals surface area contributed by atoms with Gasteiger partial charge in [0.15, 0.2) is 0 Å². The molecule has 112 valence electrons. The molecule has 1 aromatic heterocycles. The highest BCUT2D eigenvalue weighted by Gasteiger charge is 2.20. The molecular weight excluding hydrogens is 292 g/mol. The van der Waals surface area contributed by atoms with E-state index in [0.29, 0.717) is 11.4 Å². The van der Waals surface area contributed by atoms with Crippen LogP contribution in [0.3, 0.4) is 0 Å². The van der Waals surface area contributed by atoms with E-state index in [1.165, 1.54) is 19.4 Å². The van der Waals surface area contributed by atoms with Gasteiger partial charge in [-0.25, -0.2) is 13.1 Å². The SMILES string of the molecule is COc1cc(C)c(N)cc1S(=O)(=O)NCc1cccnn1. The number of nitrogens with zero attached hydrogens (tertiary/aromatic N) is 2. The minimum atomic E-state index is -3.76. The third kappa shape index (κ3) is 3.47. The van der Waals surface area contributed by atoms with E-state index in [2.05, 4.69) is 14.9 Å².